The van der Waals surface area contributed by atoms with Gasteiger partial charge < -0.3 is 20.4 Å². The fourth-order valence-electron chi connectivity index (χ4n) is 7.75. The van der Waals surface area contributed by atoms with Crippen LogP contribution in [-0.2, 0) is 9.59 Å². The Morgan fingerprint density at radius 1 is 0.617 bits per heavy atom. The molecule has 2 fully saturated rings. The zero-order valence-electron chi connectivity index (χ0n) is 35.9. The first-order chi connectivity index (χ1) is 28.7. The highest BCUT2D eigenvalue weighted by molar-refractivity contribution is 5.99. The summed E-state index contributed by atoms with van der Waals surface area (Å²) in [6.45, 7) is 14.7. The van der Waals surface area contributed by atoms with Gasteiger partial charge in [0.2, 0.25) is 11.8 Å². The van der Waals surface area contributed by atoms with Crippen LogP contribution in [0.1, 0.15) is 139 Å². The Hall–Kier alpha value is -6.26. The van der Waals surface area contributed by atoms with Gasteiger partial charge in [-0.3, -0.25) is 19.2 Å². The van der Waals surface area contributed by atoms with Gasteiger partial charge >= 0.3 is 0 Å². The van der Waals surface area contributed by atoms with Gasteiger partial charge in [0.15, 0.2) is 0 Å². The molecule has 312 valence electrons. The second-order valence-electron chi connectivity index (χ2n) is 17.2. The van der Waals surface area contributed by atoms with Gasteiger partial charge in [-0.15, -0.1) is 0 Å². The van der Waals surface area contributed by atoms with E-state index in [0.717, 1.165) is 43.2 Å². The van der Waals surface area contributed by atoms with Crippen molar-refractivity contribution in [3.8, 4) is 12.1 Å². The van der Waals surface area contributed by atoms with E-state index in [0.29, 0.717) is 84.5 Å². The number of aryl methyl sites for hydroxylation is 2. The average molecular weight is 807 g/mol. The van der Waals surface area contributed by atoms with Crippen LogP contribution in [0.15, 0.2) is 84.9 Å². The fourth-order valence-corrected chi connectivity index (χ4v) is 7.75. The van der Waals surface area contributed by atoms with Crippen molar-refractivity contribution >= 4 is 35.0 Å². The Morgan fingerprint density at radius 2 is 1.00 bits per heavy atom. The van der Waals surface area contributed by atoms with Crippen molar-refractivity contribution in [2.24, 2.45) is 5.41 Å². The maximum atomic E-state index is 13.1. The summed E-state index contributed by atoms with van der Waals surface area (Å²) in [7, 11) is 0. The quantitative estimate of drug-likeness (QED) is 0.172. The summed E-state index contributed by atoms with van der Waals surface area (Å²) in [5, 5.41) is 23.8. The molecule has 4 aromatic carbocycles. The standard InChI is InChI=1S/C26H31N3O2.C24H27N3O2/c1-18-5-8-22(15-23(18)28-24(30)16-26(2,3)4)25(31)29-13-11-21(12-14-29)20-9-6-19(17-27)7-10-20;1-3-4-23(28)26-22-15-21(8-5-17(22)2)24(29)27-13-11-20(12-14-27)19-9-6-18(16-25)7-10-19/h5-10,15,21H,11-14,16H2,1-4H3,(H,28,30);5-10,15,20H,3-4,11-14H2,1-2H3,(H,26,28). The van der Waals surface area contributed by atoms with Crippen LogP contribution >= 0.6 is 0 Å². The van der Waals surface area contributed by atoms with E-state index in [1.165, 1.54) is 11.1 Å². The Morgan fingerprint density at radius 3 is 1.35 bits per heavy atom. The van der Waals surface area contributed by atoms with Crippen molar-refractivity contribution in [1.29, 1.82) is 10.5 Å². The third-order valence-corrected chi connectivity index (χ3v) is 11.3. The SMILES string of the molecule is CCCC(=O)Nc1cc(C(=O)N2CCC(c3ccc(C#N)cc3)CC2)ccc1C.Cc1ccc(C(=O)N2CCC(c3ccc(C#N)cc3)CC2)cc1NC(=O)CC(C)(C)C. The summed E-state index contributed by atoms with van der Waals surface area (Å²) in [5.74, 6) is 0.765. The van der Waals surface area contributed by atoms with Crippen molar-refractivity contribution in [2.75, 3.05) is 36.8 Å². The molecule has 4 aromatic rings. The monoisotopic (exact) mass is 806 g/mol. The number of hydrogen-bond donors (Lipinski definition) is 2. The first-order valence-corrected chi connectivity index (χ1v) is 21.1. The Balaban J connectivity index is 0.000000228. The number of hydrogen-bond acceptors (Lipinski definition) is 6. The fraction of sp³-hybridized carbons (Fsp3) is 0.400. The molecule has 2 saturated heterocycles. The van der Waals surface area contributed by atoms with E-state index in [1.54, 1.807) is 12.1 Å². The largest absolute Gasteiger partial charge is 0.339 e. The zero-order valence-corrected chi connectivity index (χ0v) is 35.9. The van der Waals surface area contributed by atoms with Crippen molar-refractivity contribution < 1.29 is 19.2 Å². The molecule has 4 amide bonds. The molecule has 0 saturated carbocycles. The van der Waals surface area contributed by atoms with Crippen LogP contribution in [0.5, 0.6) is 0 Å². The van der Waals surface area contributed by atoms with Gasteiger partial charge in [0.1, 0.15) is 0 Å². The molecule has 0 radical (unpaired) electrons. The minimum absolute atomic E-state index is 0.00426. The number of amides is 4. The van der Waals surface area contributed by atoms with Gasteiger partial charge in [-0.05, 0) is 134 Å². The van der Waals surface area contributed by atoms with Gasteiger partial charge in [0.05, 0.1) is 23.3 Å². The molecule has 0 spiro atoms. The molecule has 60 heavy (non-hydrogen) atoms. The topological polar surface area (TPSA) is 146 Å². The second kappa shape index (κ2) is 20.6. The number of anilines is 2. The Kier molecular flexibility index (Phi) is 15.4. The number of nitrogens with zero attached hydrogens (tertiary/aromatic N) is 4. The number of carbonyl (C=O) groups excluding carboxylic acids is 4. The zero-order chi connectivity index (χ0) is 43.4. The molecule has 2 aliphatic heterocycles. The Bertz CT molecular complexity index is 2230. The van der Waals surface area contributed by atoms with Gasteiger partial charge in [-0.1, -0.05) is 64.1 Å². The van der Waals surface area contributed by atoms with Gasteiger partial charge in [0.25, 0.3) is 11.8 Å². The number of carbonyl (C=O) groups is 4. The maximum Gasteiger partial charge on any atom is 0.253 e. The first kappa shape index (κ1) is 44.8. The molecule has 0 bridgehead atoms. The number of likely N-dealkylation sites (tertiary alicyclic amines) is 2. The van der Waals surface area contributed by atoms with Crippen molar-refractivity contribution in [3.63, 3.8) is 0 Å². The van der Waals surface area contributed by atoms with Crippen molar-refractivity contribution in [3.05, 3.63) is 129 Å². The second-order valence-corrected chi connectivity index (χ2v) is 17.2. The molecule has 10 heteroatoms. The van der Waals surface area contributed by atoms with Crippen LogP contribution in [0.25, 0.3) is 0 Å². The lowest BCUT2D eigenvalue weighted by Gasteiger charge is -2.32. The summed E-state index contributed by atoms with van der Waals surface area (Å²) in [6.07, 6.45) is 5.30. The molecule has 2 N–H and O–H groups in total. The Labute approximate surface area is 355 Å². The molecule has 0 aliphatic carbocycles. The minimum Gasteiger partial charge on any atom is -0.339 e. The van der Waals surface area contributed by atoms with E-state index < -0.39 is 0 Å². The van der Waals surface area contributed by atoms with E-state index in [4.69, 9.17) is 10.5 Å². The molecule has 2 aliphatic rings. The number of piperidine rings is 2. The molecule has 2 heterocycles. The smallest absolute Gasteiger partial charge is 0.253 e. The summed E-state index contributed by atoms with van der Waals surface area (Å²) in [4.78, 5) is 54.1. The lowest BCUT2D eigenvalue weighted by atomic mass is 9.89. The highest BCUT2D eigenvalue weighted by Gasteiger charge is 2.27. The van der Waals surface area contributed by atoms with Gasteiger partial charge in [0, 0.05) is 61.5 Å². The lowest BCUT2D eigenvalue weighted by Crippen LogP contribution is -2.38. The van der Waals surface area contributed by atoms with Crippen molar-refractivity contribution in [2.45, 2.75) is 98.3 Å². The molecular weight excluding hydrogens is 749 g/mol. The van der Waals surface area contributed by atoms with Crippen molar-refractivity contribution in [1.82, 2.24) is 9.80 Å². The highest BCUT2D eigenvalue weighted by atomic mass is 16.2. The maximum absolute atomic E-state index is 13.1. The number of rotatable bonds is 9. The van der Waals surface area contributed by atoms with E-state index in [9.17, 15) is 19.2 Å². The van der Waals surface area contributed by atoms with Crippen LogP contribution in [0.2, 0.25) is 0 Å². The third kappa shape index (κ3) is 12.4. The van der Waals surface area contributed by atoms with E-state index in [1.807, 2.05) is 124 Å². The predicted octanol–water partition coefficient (Wildman–Crippen LogP) is 9.89. The molecule has 0 unspecified atom stereocenters. The lowest BCUT2D eigenvalue weighted by molar-refractivity contribution is -0.118. The summed E-state index contributed by atoms with van der Waals surface area (Å²) in [6, 6.07) is 30.8. The summed E-state index contributed by atoms with van der Waals surface area (Å²) >= 11 is 0. The van der Waals surface area contributed by atoms with Crippen LogP contribution in [0.3, 0.4) is 0 Å². The van der Waals surface area contributed by atoms with E-state index in [-0.39, 0.29) is 29.0 Å². The predicted molar refractivity (Wildman–Crippen MR) is 237 cm³/mol. The molecule has 0 atom stereocenters. The minimum atomic E-state index is -0.0926. The van der Waals surface area contributed by atoms with Crippen LogP contribution in [0, 0.1) is 41.9 Å². The van der Waals surface area contributed by atoms with Crippen LogP contribution < -0.4 is 10.6 Å². The average Bonchev–Trinajstić information content (AvgIpc) is 3.24. The third-order valence-electron chi connectivity index (χ3n) is 11.3. The van der Waals surface area contributed by atoms with Crippen LogP contribution in [0.4, 0.5) is 11.4 Å². The van der Waals surface area contributed by atoms with Gasteiger partial charge in [-0.2, -0.15) is 10.5 Å². The highest BCUT2D eigenvalue weighted by Crippen LogP contribution is 2.31. The number of nitriles is 2. The number of benzene rings is 4. The van der Waals surface area contributed by atoms with Gasteiger partial charge in [-0.25, -0.2) is 0 Å². The van der Waals surface area contributed by atoms with Crippen LogP contribution in [-0.4, -0.2) is 59.6 Å². The van der Waals surface area contributed by atoms with E-state index >= 15 is 0 Å². The molecule has 0 aromatic heterocycles. The van der Waals surface area contributed by atoms with E-state index in [2.05, 4.69) is 22.8 Å². The number of nitrogens with one attached hydrogen (secondary N) is 2. The molecular formula is C50H58N6O4. The molecule has 10 nitrogen and oxygen atoms in total. The molecule has 6 rings (SSSR count). The normalized spacial score (nSPS) is 14.5. The summed E-state index contributed by atoms with van der Waals surface area (Å²) < 4.78 is 0. The summed E-state index contributed by atoms with van der Waals surface area (Å²) in [5.41, 5.74) is 8.22. The first-order valence-electron chi connectivity index (χ1n) is 21.1.